The smallest absolute Gasteiger partial charge is 0.255 e. The van der Waals surface area contributed by atoms with Crippen molar-refractivity contribution >= 4 is 17.3 Å². The number of nitrogens with two attached hydrogens (primary N) is 1. The van der Waals surface area contributed by atoms with Crippen LogP contribution in [-0.4, -0.2) is 18.2 Å². The van der Waals surface area contributed by atoms with Crippen molar-refractivity contribution in [3.05, 3.63) is 36.2 Å². The summed E-state index contributed by atoms with van der Waals surface area (Å²) in [5, 5.41) is 6.10. The summed E-state index contributed by atoms with van der Waals surface area (Å²) < 4.78 is 9.64. The van der Waals surface area contributed by atoms with Crippen molar-refractivity contribution in [3.63, 3.8) is 0 Å². The molecular formula is C11H11N3O3. The highest BCUT2D eigenvalue weighted by molar-refractivity contribution is 6.04. The number of aromatic nitrogens is 1. The predicted octanol–water partition coefficient (Wildman–Crippen LogP) is 1.52. The molecule has 2 aromatic rings. The number of hydrogen-bond donors (Lipinski definition) is 2. The molecule has 0 atom stereocenters. The van der Waals surface area contributed by atoms with E-state index in [1.807, 2.05) is 0 Å². The Bertz CT molecular complexity index is 523. The molecule has 0 radical (unpaired) electrons. The van der Waals surface area contributed by atoms with Crippen molar-refractivity contribution in [2.45, 2.75) is 0 Å². The van der Waals surface area contributed by atoms with Gasteiger partial charge in [0.05, 0.1) is 19.0 Å². The van der Waals surface area contributed by atoms with E-state index in [1.54, 1.807) is 18.2 Å². The third kappa shape index (κ3) is 2.36. The first-order chi connectivity index (χ1) is 8.20. The van der Waals surface area contributed by atoms with E-state index in [1.165, 1.54) is 19.6 Å². The van der Waals surface area contributed by atoms with E-state index >= 15 is 0 Å². The molecule has 1 aromatic carbocycles. The minimum Gasteiger partial charge on any atom is -0.495 e. The summed E-state index contributed by atoms with van der Waals surface area (Å²) in [5.74, 6) is 0.175. The molecular weight excluding hydrogens is 222 g/mol. The fourth-order valence-corrected chi connectivity index (χ4v) is 1.32. The molecule has 1 aromatic heterocycles. The standard InChI is InChI=1S/C11H11N3O3/c1-16-10-4-7(2-3-9(10)12)11(15)14-8-5-13-17-6-8/h2-6H,12H2,1H3,(H,14,15). The highest BCUT2D eigenvalue weighted by Crippen LogP contribution is 2.22. The maximum absolute atomic E-state index is 11.8. The number of amides is 1. The molecule has 2 rings (SSSR count). The zero-order valence-electron chi connectivity index (χ0n) is 9.14. The van der Waals surface area contributed by atoms with Gasteiger partial charge in [-0.05, 0) is 18.2 Å². The molecule has 6 heteroatoms. The lowest BCUT2D eigenvalue weighted by atomic mass is 10.2. The molecule has 88 valence electrons. The molecule has 0 aliphatic carbocycles. The molecule has 1 heterocycles. The van der Waals surface area contributed by atoms with Crippen LogP contribution in [0, 0.1) is 0 Å². The van der Waals surface area contributed by atoms with Gasteiger partial charge < -0.3 is 20.3 Å². The fraction of sp³-hybridized carbons (Fsp3) is 0.0909. The third-order valence-electron chi connectivity index (χ3n) is 2.19. The molecule has 0 saturated carbocycles. The van der Waals surface area contributed by atoms with Crippen LogP contribution in [0.1, 0.15) is 10.4 Å². The number of nitrogen functional groups attached to an aromatic ring is 1. The number of hydrogen-bond acceptors (Lipinski definition) is 5. The van der Waals surface area contributed by atoms with Crippen LogP contribution in [0.3, 0.4) is 0 Å². The number of nitrogens with one attached hydrogen (secondary N) is 1. The van der Waals surface area contributed by atoms with Crippen molar-refractivity contribution in [1.29, 1.82) is 0 Å². The first-order valence-electron chi connectivity index (χ1n) is 4.85. The first kappa shape index (κ1) is 11.0. The minimum atomic E-state index is -0.286. The summed E-state index contributed by atoms with van der Waals surface area (Å²) in [6, 6.07) is 4.79. The average Bonchev–Trinajstić information content (AvgIpc) is 2.82. The molecule has 0 aliphatic heterocycles. The Kier molecular flexibility index (Phi) is 2.95. The number of carbonyl (C=O) groups excluding carboxylic acids is 1. The molecule has 0 unspecified atom stereocenters. The van der Waals surface area contributed by atoms with E-state index in [4.69, 9.17) is 10.5 Å². The van der Waals surface area contributed by atoms with Crippen molar-refractivity contribution in [2.75, 3.05) is 18.2 Å². The lowest BCUT2D eigenvalue weighted by molar-refractivity contribution is 0.102. The van der Waals surface area contributed by atoms with Gasteiger partial charge in [-0.3, -0.25) is 4.79 Å². The SMILES string of the molecule is COc1cc(C(=O)Nc2cnoc2)ccc1N. The zero-order valence-corrected chi connectivity index (χ0v) is 9.14. The van der Waals surface area contributed by atoms with E-state index in [2.05, 4.69) is 15.0 Å². The molecule has 0 fully saturated rings. The summed E-state index contributed by atoms with van der Waals surface area (Å²) in [7, 11) is 1.49. The van der Waals surface area contributed by atoms with Crippen LogP contribution in [0.4, 0.5) is 11.4 Å². The number of carbonyl (C=O) groups is 1. The van der Waals surface area contributed by atoms with Crippen molar-refractivity contribution < 1.29 is 14.1 Å². The van der Waals surface area contributed by atoms with Gasteiger partial charge in [0.25, 0.3) is 5.91 Å². The Morgan fingerprint density at radius 3 is 3.00 bits per heavy atom. The Morgan fingerprint density at radius 1 is 1.53 bits per heavy atom. The van der Waals surface area contributed by atoms with Gasteiger partial charge in [0, 0.05) is 5.56 Å². The van der Waals surface area contributed by atoms with Crippen LogP contribution in [0.2, 0.25) is 0 Å². The zero-order chi connectivity index (χ0) is 12.3. The Balaban J connectivity index is 2.19. The van der Waals surface area contributed by atoms with Crippen LogP contribution in [-0.2, 0) is 0 Å². The van der Waals surface area contributed by atoms with Crippen LogP contribution < -0.4 is 15.8 Å². The number of nitrogens with zero attached hydrogens (tertiary/aromatic N) is 1. The number of methoxy groups -OCH3 is 1. The monoisotopic (exact) mass is 233 g/mol. The fourth-order valence-electron chi connectivity index (χ4n) is 1.32. The second kappa shape index (κ2) is 4.56. The normalized spacial score (nSPS) is 9.94. The average molecular weight is 233 g/mol. The van der Waals surface area contributed by atoms with Gasteiger partial charge in [-0.25, -0.2) is 0 Å². The quantitative estimate of drug-likeness (QED) is 0.784. The van der Waals surface area contributed by atoms with Crippen molar-refractivity contribution in [2.24, 2.45) is 0 Å². The van der Waals surface area contributed by atoms with Gasteiger partial charge in [-0.15, -0.1) is 0 Å². The van der Waals surface area contributed by atoms with Gasteiger partial charge in [0.15, 0.2) is 0 Å². The van der Waals surface area contributed by atoms with Crippen molar-refractivity contribution in [1.82, 2.24) is 5.16 Å². The van der Waals surface area contributed by atoms with E-state index in [0.717, 1.165) is 0 Å². The second-order valence-electron chi connectivity index (χ2n) is 3.32. The Labute approximate surface area is 97.3 Å². The highest BCUT2D eigenvalue weighted by Gasteiger charge is 2.09. The van der Waals surface area contributed by atoms with Crippen LogP contribution in [0.15, 0.2) is 35.2 Å². The molecule has 1 amide bonds. The Morgan fingerprint density at radius 2 is 2.35 bits per heavy atom. The molecule has 3 N–H and O–H groups in total. The summed E-state index contributed by atoms with van der Waals surface area (Å²) in [6.07, 6.45) is 2.75. The highest BCUT2D eigenvalue weighted by atomic mass is 16.5. The van der Waals surface area contributed by atoms with Crippen LogP contribution in [0.25, 0.3) is 0 Å². The maximum atomic E-state index is 11.8. The molecule has 0 aliphatic rings. The number of ether oxygens (including phenoxy) is 1. The largest absolute Gasteiger partial charge is 0.495 e. The predicted molar refractivity (Wildman–Crippen MR) is 61.9 cm³/mol. The first-order valence-corrected chi connectivity index (χ1v) is 4.85. The molecule has 0 spiro atoms. The Hall–Kier alpha value is -2.50. The maximum Gasteiger partial charge on any atom is 0.255 e. The topological polar surface area (TPSA) is 90.4 Å². The molecule has 17 heavy (non-hydrogen) atoms. The molecule has 0 bridgehead atoms. The van der Waals surface area contributed by atoms with Crippen LogP contribution >= 0.6 is 0 Å². The van der Waals surface area contributed by atoms with E-state index in [-0.39, 0.29) is 5.91 Å². The van der Waals surface area contributed by atoms with E-state index in [9.17, 15) is 4.79 Å². The minimum absolute atomic E-state index is 0.286. The van der Waals surface area contributed by atoms with Crippen LogP contribution in [0.5, 0.6) is 5.75 Å². The van der Waals surface area contributed by atoms with E-state index < -0.39 is 0 Å². The van der Waals surface area contributed by atoms with Gasteiger partial charge in [-0.2, -0.15) is 0 Å². The summed E-state index contributed by atoms with van der Waals surface area (Å²) in [6.45, 7) is 0. The molecule has 6 nitrogen and oxygen atoms in total. The van der Waals surface area contributed by atoms with Gasteiger partial charge >= 0.3 is 0 Å². The molecule has 0 saturated heterocycles. The number of benzene rings is 1. The summed E-state index contributed by atoms with van der Waals surface area (Å²) >= 11 is 0. The van der Waals surface area contributed by atoms with Gasteiger partial charge in [-0.1, -0.05) is 5.16 Å². The van der Waals surface area contributed by atoms with Gasteiger partial charge in [0.2, 0.25) is 0 Å². The van der Waals surface area contributed by atoms with Crippen molar-refractivity contribution in [3.8, 4) is 5.75 Å². The number of rotatable bonds is 3. The summed E-state index contributed by atoms with van der Waals surface area (Å²) in [4.78, 5) is 11.8. The second-order valence-corrected chi connectivity index (χ2v) is 3.32. The number of anilines is 2. The lowest BCUT2D eigenvalue weighted by Crippen LogP contribution is -2.11. The van der Waals surface area contributed by atoms with E-state index in [0.29, 0.717) is 22.7 Å². The summed E-state index contributed by atoms with van der Waals surface area (Å²) in [5.41, 5.74) is 7.07. The third-order valence-corrected chi connectivity index (χ3v) is 2.19. The lowest BCUT2D eigenvalue weighted by Gasteiger charge is -2.07. The van der Waals surface area contributed by atoms with Gasteiger partial charge in [0.1, 0.15) is 17.7 Å².